The fourth-order valence-electron chi connectivity index (χ4n) is 2.25. The van der Waals surface area contributed by atoms with Crippen LogP contribution >= 0.6 is 22.9 Å². The van der Waals surface area contributed by atoms with E-state index in [2.05, 4.69) is 15.6 Å². The van der Waals surface area contributed by atoms with E-state index < -0.39 is 0 Å². The van der Waals surface area contributed by atoms with Crippen LogP contribution in [0.5, 0.6) is 0 Å². The van der Waals surface area contributed by atoms with Crippen LogP contribution in [0.25, 0.3) is 10.8 Å². The molecule has 0 atom stereocenters. The SMILES string of the molecule is Cc1sc(-c2ccco2)nc1C(=O)NCCNC(=O)c1ccc(Cl)cc1. The highest BCUT2D eigenvalue weighted by atomic mass is 35.5. The van der Waals surface area contributed by atoms with E-state index in [4.69, 9.17) is 16.0 Å². The van der Waals surface area contributed by atoms with Gasteiger partial charge in [-0.25, -0.2) is 4.98 Å². The molecule has 1 aromatic carbocycles. The second-order valence-electron chi connectivity index (χ2n) is 5.42. The first-order valence-electron chi connectivity index (χ1n) is 7.88. The average Bonchev–Trinajstić information content (AvgIpc) is 3.28. The molecule has 0 aliphatic carbocycles. The van der Waals surface area contributed by atoms with Crippen LogP contribution in [0.3, 0.4) is 0 Å². The number of amides is 2. The van der Waals surface area contributed by atoms with Gasteiger partial charge in [0, 0.05) is 28.6 Å². The lowest BCUT2D eigenvalue weighted by atomic mass is 10.2. The van der Waals surface area contributed by atoms with Crippen molar-refractivity contribution in [2.45, 2.75) is 6.92 Å². The Balaban J connectivity index is 1.50. The number of halogens is 1. The van der Waals surface area contributed by atoms with Crippen molar-refractivity contribution in [1.82, 2.24) is 15.6 Å². The zero-order valence-electron chi connectivity index (χ0n) is 13.9. The third kappa shape index (κ3) is 4.30. The van der Waals surface area contributed by atoms with Gasteiger partial charge < -0.3 is 15.1 Å². The molecular weight excluding hydrogens is 374 g/mol. The molecule has 3 rings (SSSR count). The number of aryl methyl sites for hydroxylation is 1. The third-order valence-corrected chi connectivity index (χ3v) is 4.78. The molecule has 0 bridgehead atoms. The first kappa shape index (κ1) is 18.2. The highest BCUT2D eigenvalue weighted by molar-refractivity contribution is 7.15. The van der Waals surface area contributed by atoms with Gasteiger partial charge in [0.1, 0.15) is 5.69 Å². The second kappa shape index (κ2) is 8.16. The molecule has 0 unspecified atom stereocenters. The number of nitrogens with zero attached hydrogens (tertiary/aromatic N) is 1. The van der Waals surface area contributed by atoms with Crippen molar-refractivity contribution in [2.75, 3.05) is 13.1 Å². The fourth-order valence-corrected chi connectivity index (χ4v) is 3.26. The van der Waals surface area contributed by atoms with E-state index in [-0.39, 0.29) is 11.8 Å². The van der Waals surface area contributed by atoms with Crippen LogP contribution in [0, 0.1) is 6.92 Å². The van der Waals surface area contributed by atoms with E-state index >= 15 is 0 Å². The topological polar surface area (TPSA) is 84.2 Å². The van der Waals surface area contributed by atoms with Crippen LogP contribution in [-0.4, -0.2) is 29.9 Å². The zero-order chi connectivity index (χ0) is 18.5. The van der Waals surface area contributed by atoms with Gasteiger partial charge in [-0.2, -0.15) is 0 Å². The summed E-state index contributed by atoms with van der Waals surface area (Å²) < 4.78 is 5.30. The quantitative estimate of drug-likeness (QED) is 0.632. The van der Waals surface area contributed by atoms with Crippen LogP contribution in [0.4, 0.5) is 0 Å². The molecule has 134 valence electrons. The standard InChI is InChI=1S/C18H16ClN3O3S/c1-11-15(22-18(26-11)14-3-2-10-25-14)17(24)21-9-8-20-16(23)12-4-6-13(19)7-5-12/h2-7,10H,8-9H2,1H3,(H,20,23)(H,21,24). The van der Waals surface area contributed by atoms with Gasteiger partial charge in [0.15, 0.2) is 10.8 Å². The van der Waals surface area contributed by atoms with Gasteiger partial charge in [-0.15, -0.1) is 11.3 Å². The molecule has 6 nitrogen and oxygen atoms in total. The normalized spacial score (nSPS) is 10.5. The predicted molar refractivity (Wildman–Crippen MR) is 101 cm³/mol. The number of benzene rings is 1. The molecule has 0 spiro atoms. The third-order valence-electron chi connectivity index (χ3n) is 3.55. The minimum Gasteiger partial charge on any atom is -0.462 e. The summed E-state index contributed by atoms with van der Waals surface area (Å²) in [5.41, 5.74) is 0.879. The van der Waals surface area contributed by atoms with Crippen molar-refractivity contribution in [3.8, 4) is 10.8 Å². The van der Waals surface area contributed by atoms with Crippen LogP contribution in [0.15, 0.2) is 47.1 Å². The minimum absolute atomic E-state index is 0.221. The van der Waals surface area contributed by atoms with E-state index in [1.807, 2.05) is 6.92 Å². The molecule has 0 saturated carbocycles. The lowest BCUT2D eigenvalue weighted by molar-refractivity contribution is 0.0925. The number of aromatic nitrogens is 1. The number of hydrogen-bond donors (Lipinski definition) is 2. The van der Waals surface area contributed by atoms with Gasteiger partial charge in [-0.05, 0) is 43.3 Å². The summed E-state index contributed by atoms with van der Waals surface area (Å²) in [5.74, 6) is 0.130. The molecule has 26 heavy (non-hydrogen) atoms. The number of carbonyl (C=O) groups excluding carboxylic acids is 2. The Morgan fingerprint density at radius 1 is 1.12 bits per heavy atom. The highest BCUT2D eigenvalue weighted by Crippen LogP contribution is 2.27. The molecule has 2 heterocycles. The lowest BCUT2D eigenvalue weighted by Crippen LogP contribution is -2.35. The molecule has 2 aromatic heterocycles. The van der Waals surface area contributed by atoms with Gasteiger partial charge >= 0.3 is 0 Å². The van der Waals surface area contributed by atoms with Crippen molar-refractivity contribution in [2.24, 2.45) is 0 Å². The first-order valence-corrected chi connectivity index (χ1v) is 9.07. The number of hydrogen-bond acceptors (Lipinski definition) is 5. The Morgan fingerprint density at radius 2 is 1.81 bits per heavy atom. The summed E-state index contributed by atoms with van der Waals surface area (Å²) in [6.45, 7) is 2.44. The molecule has 2 amide bonds. The zero-order valence-corrected chi connectivity index (χ0v) is 15.5. The maximum absolute atomic E-state index is 12.3. The van der Waals surface area contributed by atoms with E-state index in [1.54, 1.807) is 42.7 Å². The van der Waals surface area contributed by atoms with E-state index in [9.17, 15) is 9.59 Å². The highest BCUT2D eigenvalue weighted by Gasteiger charge is 2.17. The van der Waals surface area contributed by atoms with Gasteiger partial charge in [-0.3, -0.25) is 9.59 Å². The number of rotatable bonds is 6. The number of nitrogens with one attached hydrogen (secondary N) is 2. The Morgan fingerprint density at radius 3 is 2.46 bits per heavy atom. The Kier molecular flexibility index (Phi) is 5.70. The molecule has 0 aliphatic heterocycles. The van der Waals surface area contributed by atoms with Gasteiger partial charge in [-0.1, -0.05) is 11.6 Å². The van der Waals surface area contributed by atoms with Gasteiger partial charge in [0.05, 0.1) is 6.26 Å². The smallest absolute Gasteiger partial charge is 0.271 e. The van der Waals surface area contributed by atoms with Crippen molar-refractivity contribution in [1.29, 1.82) is 0 Å². The van der Waals surface area contributed by atoms with E-state index in [0.717, 1.165) is 4.88 Å². The number of furan rings is 1. The van der Waals surface area contributed by atoms with Gasteiger partial charge in [0.25, 0.3) is 11.8 Å². The largest absolute Gasteiger partial charge is 0.462 e. The summed E-state index contributed by atoms with van der Waals surface area (Å²) in [4.78, 5) is 29.4. The molecule has 0 aliphatic rings. The maximum atomic E-state index is 12.3. The maximum Gasteiger partial charge on any atom is 0.271 e. The molecule has 0 radical (unpaired) electrons. The van der Waals surface area contributed by atoms with Crippen molar-refractivity contribution in [3.63, 3.8) is 0 Å². The summed E-state index contributed by atoms with van der Waals surface area (Å²) >= 11 is 7.19. The summed E-state index contributed by atoms with van der Waals surface area (Å²) in [7, 11) is 0. The molecule has 0 fully saturated rings. The van der Waals surface area contributed by atoms with Crippen LogP contribution < -0.4 is 10.6 Å². The van der Waals surface area contributed by atoms with Crippen molar-refractivity contribution < 1.29 is 14.0 Å². The first-order chi connectivity index (χ1) is 12.5. The van der Waals surface area contributed by atoms with Crippen molar-refractivity contribution in [3.05, 3.63) is 63.8 Å². The van der Waals surface area contributed by atoms with Gasteiger partial charge in [0.2, 0.25) is 0 Å². The lowest BCUT2D eigenvalue weighted by Gasteiger charge is -2.06. The van der Waals surface area contributed by atoms with Crippen LogP contribution in [0.1, 0.15) is 25.7 Å². The number of thiazole rings is 1. The summed E-state index contributed by atoms with van der Waals surface area (Å²) in [5, 5.41) is 6.72. The molecule has 3 aromatic rings. The van der Waals surface area contributed by atoms with Crippen LogP contribution in [0.2, 0.25) is 5.02 Å². The Bertz CT molecular complexity index is 904. The summed E-state index contributed by atoms with van der Waals surface area (Å²) in [6, 6.07) is 10.2. The average molecular weight is 390 g/mol. The molecule has 8 heteroatoms. The Labute approximate surface area is 159 Å². The molecule has 0 saturated heterocycles. The minimum atomic E-state index is -0.280. The Hall–Kier alpha value is -2.64. The van der Waals surface area contributed by atoms with E-state index in [0.29, 0.717) is 40.1 Å². The van der Waals surface area contributed by atoms with E-state index in [1.165, 1.54) is 11.3 Å². The monoisotopic (exact) mass is 389 g/mol. The second-order valence-corrected chi connectivity index (χ2v) is 7.06. The van der Waals surface area contributed by atoms with Crippen LogP contribution in [-0.2, 0) is 0 Å². The number of carbonyl (C=O) groups is 2. The molecular formula is C18H16ClN3O3S. The fraction of sp³-hybridized carbons (Fsp3) is 0.167. The summed E-state index contributed by atoms with van der Waals surface area (Å²) in [6.07, 6.45) is 1.56. The molecule has 2 N–H and O–H groups in total. The predicted octanol–water partition coefficient (Wildman–Crippen LogP) is 3.52. The van der Waals surface area contributed by atoms with Crippen molar-refractivity contribution >= 4 is 34.8 Å².